The van der Waals surface area contributed by atoms with Crippen LogP contribution >= 0.6 is 0 Å². The van der Waals surface area contributed by atoms with Crippen LogP contribution in [0.4, 0.5) is 0 Å². The number of hydrogen-bond acceptors (Lipinski definition) is 2. The van der Waals surface area contributed by atoms with Gasteiger partial charge in [0.25, 0.3) is 0 Å². The van der Waals surface area contributed by atoms with Crippen molar-refractivity contribution in [2.75, 3.05) is 13.6 Å². The second-order valence-electron chi connectivity index (χ2n) is 4.77. The van der Waals surface area contributed by atoms with Crippen LogP contribution in [-0.4, -0.2) is 23.6 Å². The number of aromatic nitrogens is 2. The zero-order valence-corrected chi connectivity index (χ0v) is 11.4. The first-order valence-electron chi connectivity index (χ1n) is 6.47. The number of aromatic amines is 1. The molecule has 0 saturated carbocycles. The summed E-state index contributed by atoms with van der Waals surface area (Å²) in [6.45, 7) is 5.28. The number of nitrogens with one attached hydrogen (secondary N) is 2. The second-order valence-corrected chi connectivity index (χ2v) is 4.77. The highest BCUT2D eigenvalue weighted by atomic mass is 14.9. The fraction of sp³-hybridized carbons (Fsp3) is 0.400. The number of aryl methyl sites for hydroxylation is 3. The van der Waals surface area contributed by atoms with E-state index in [-0.39, 0.29) is 0 Å². The Morgan fingerprint density at radius 3 is 2.89 bits per heavy atom. The normalized spacial score (nSPS) is 10.8. The zero-order valence-electron chi connectivity index (χ0n) is 11.4. The van der Waals surface area contributed by atoms with Gasteiger partial charge >= 0.3 is 0 Å². The molecule has 3 nitrogen and oxygen atoms in total. The number of imidazole rings is 1. The van der Waals surface area contributed by atoms with Crippen LogP contribution in [0.15, 0.2) is 24.4 Å². The van der Waals surface area contributed by atoms with E-state index in [0.717, 1.165) is 30.9 Å². The Hall–Kier alpha value is -1.61. The van der Waals surface area contributed by atoms with Gasteiger partial charge in [-0.3, -0.25) is 0 Å². The quantitative estimate of drug-likeness (QED) is 0.793. The highest BCUT2D eigenvalue weighted by molar-refractivity contribution is 5.63. The molecule has 18 heavy (non-hydrogen) atoms. The lowest BCUT2D eigenvalue weighted by Gasteiger charge is -2.04. The Morgan fingerprint density at radius 1 is 1.28 bits per heavy atom. The van der Waals surface area contributed by atoms with Gasteiger partial charge in [-0.2, -0.15) is 0 Å². The minimum atomic E-state index is 0.992. The van der Waals surface area contributed by atoms with Gasteiger partial charge in [0, 0.05) is 12.0 Å². The Kier molecular flexibility index (Phi) is 4.15. The van der Waals surface area contributed by atoms with Crippen molar-refractivity contribution in [3.63, 3.8) is 0 Å². The van der Waals surface area contributed by atoms with Crippen LogP contribution in [0, 0.1) is 13.8 Å². The molecule has 0 unspecified atom stereocenters. The topological polar surface area (TPSA) is 40.7 Å². The molecule has 3 heteroatoms. The van der Waals surface area contributed by atoms with E-state index >= 15 is 0 Å². The average Bonchev–Trinajstić information content (AvgIpc) is 2.81. The molecule has 1 aromatic carbocycles. The number of hydrogen-bond donors (Lipinski definition) is 2. The smallest absolute Gasteiger partial charge is 0.106 e. The maximum atomic E-state index is 4.45. The summed E-state index contributed by atoms with van der Waals surface area (Å²) in [5.41, 5.74) is 4.94. The summed E-state index contributed by atoms with van der Waals surface area (Å²) in [5, 5.41) is 3.15. The van der Waals surface area contributed by atoms with Crippen molar-refractivity contribution < 1.29 is 0 Å². The first kappa shape index (κ1) is 12.8. The van der Waals surface area contributed by atoms with Crippen LogP contribution in [0.25, 0.3) is 11.3 Å². The van der Waals surface area contributed by atoms with E-state index in [1.54, 1.807) is 0 Å². The van der Waals surface area contributed by atoms with Gasteiger partial charge in [0.1, 0.15) is 5.82 Å². The van der Waals surface area contributed by atoms with Crippen molar-refractivity contribution in [3.05, 3.63) is 41.3 Å². The molecule has 0 bridgehead atoms. The third kappa shape index (κ3) is 2.99. The third-order valence-corrected chi connectivity index (χ3v) is 3.15. The number of benzene rings is 1. The van der Waals surface area contributed by atoms with Crippen molar-refractivity contribution in [1.29, 1.82) is 0 Å². The number of rotatable bonds is 5. The standard InChI is InChI=1S/C15H21N3/c1-11-6-7-12(2)13(9-11)14-10-17-15(18-14)5-4-8-16-3/h6-7,9-10,16H,4-5,8H2,1-3H3,(H,17,18). The number of H-pyrrole nitrogens is 1. The third-order valence-electron chi connectivity index (χ3n) is 3.15. The van der Waals surface area contributed by atoms with E-state index in [1.165, 1.54) is 16.7 Å². The van der Waals surface area contributed by atoms with E-state index in [1.807, 2.05) is 13.2 Å². The molecular weight excluding hydrogens is 222 g/mol. The second kappa shape index (κ2) is 5.83. The molecule has 1 heterocycles. The maximum Gasteiger partial charge on any atom is 0.106 e. The van der Waals surface area contributed by atoms with Gasteiger partial charge in [-0.25, -0.2) is 4.98 Å². The Balaban J connectivity index is 2.16. The van der Waals surface area contributed by atoms with Gasteiger partial charge in [-0.15, -0.1) is 0 Å². The summed E-state index contributed by atoms with van der Waals surface area (Å²) >= 11 is 0. The molecule has 0 radical (unpaired) electrons. The molecule has 0 spiro atoms. The van der Waals surface area contributed by atoms with Crippen LogP contribution in [-0.2, 0) is 6.42 Å². The van der Waals surface area contributed by atoms with Crippen LogP contribution in [0.5, 0.6) is 0 Å². The fourth-order valence-corrected chi connectivity index (χ4v) is 2.09. The highest BCUT2D eigenvalue weighted by Gasteiger charge is 2.06. The predicted molar refractivity (Wildman–Crippen MR) is 75.7 cm³/mol. The van der Waals surface area contributed by atoms with Crippen molar-refractivity contribution in [1.82, 2.24) is 15.3 Å². The molecule has 2 N–H and O–H groups in total. The first-order valence-corrected chi connectivity index (χ1v) is 6.47. The maximum absolute atomic E-state index is 4.45. The van der Waals surface area contributed by atoms with Crippen molar-refractivity contribution in [2.24, 2.45) is 0 Å². The van der Waals surface area contributed by atoms with Gasteiger partial charge in [0.2, 0.25) is 0 Å². The van der Waals surface area contributed by atoms with Crippen molar-refractivity contribution in [2.45, 2.75) is 26.7 Å². The average molecular weight is 243 g/mol. The number of nitrogens with zero attached hydrogens (tertiary/aromatic N) is 1. The summed E-state index contributed by atoms with van der Waals surface area (Å²) in [6, 6.07) is 6.51. The van der Waals surface area contributed by atoms with Crippen LogP contribution in [0.3, 0.4) is 0 Å². The van der Waals surface area contributed by atoms with Gasteiger partial charge in [-0.05, 0) is 45.5 Å². The van der Waals surface area contributed by atoms with Gasteiger partial charge in [0.05, 0.1) is 11.9 Å². The molecule has 96 valence electrons. The molecule has 0 aliphatic rings. The molecule has 0 saturated heterocycles. The summed E-state index contributed by atoms with van der Waals surface area (Å²) < 4.78 is 0. The molecular formula is C15H21N3. The Morgan fingerprint density at radius 2 is 2.11 bits per heavy atom. The van der Waals surface area contributed by atoms with E-state index in [9.17, 15) is 0 Å². The first-order chi connectivity index (χ1) is 8.70. The molecule has 0 aliphatic carbocycles. The largest absolute Gasteiger partial charge is 0.342 e. The summed E-state index contributed by atoms with van der Waals surface area (Å²) in [7, 11) is 1.98. The molecule has 2 rings (SSSR count). The minimum absolute atomic E-state index is 0.992. The van der Waals surface area contributed by atoms with Crippen molar-refractivity contribution in [3.8, 4) is 11.3 Å². The molecule has 0 fully saturated rings. The van der Waals surface area contributed by atoms with Crippen LogP contribution in [0.2, 0.25) is 0 Å². The molecule has 0 aliphatic heterocycles. The molecule has 0 amide bonds. The van der Waals surface area contributed by atoms with E-state index in [4.69, 9.17) is 0 Å². The Bertz CT molecular complexity index is 514. The predicted octanol–water partition coefficient (Wildman–Crippen LogP) is 2.85. The summed E-state index contributed by atoms with van der Waals surface area (Å²) in [6.07, 6.45) is 4.04. The SMILES string of the molecule is CNCCCc1ncc(-c2cc(C)ccc2C)[nH]1. The minimum Gasteiger partial charge on any atom is -0.342 e. The Labute approximate surface area is 109 Å². The van der Waals surface area contributed by atoms with Crippen molar-refractivity contribution >= 4 is 0 Å². The van der Waals surface area contributed by atoms with E-state index < -0.39 is 0 Å². The fourth-order valence-electron chi connectivity index (χ4n) is 2.09. The molecule has 1 aromatic heterocycles. The monoisotopic (exact) mass is 243 g/mol. The van der Waals surface area contributed by atoms with Gasteiger partial charge in [0.15, 0.2) is 0 Å². The summed E-state index contributed by atoms with van der Waals surface area (Å²) in [5.74, 6) is 1.07. The lowest BCUT2D eigenvalue weighted by atomic mass is 10.0. The summed E-state index contributed by atoms with van der Waals surface area (Å²) in [4.78, 5) is 7.87. The van der Waals surface area contributed by atoms with Gasteiger partial charge < -0.3 is 10.3 Å². The highest BCUT2D eigenvalue weighted by Crippen LogP contribution is 2.22. The molecule has 2 aromatic rings. The lowest BCUT2D eigenvalue weighted by molar-refractivity contribution is 0.707. The van der Waals surface area contributed by atoms with Gasteiger partial charge in [-0.1, -0.05) is 17.7 Å². The van der Waals surface area contributed by atoms with E-state index in [2.05, 4.69) is 47.3 Å². The lowest BCUT2D eigenvalue weighted by Crippen LogP contribution is -2.08. The van der Waals surface area contributed by atoms with Crippen LogP contribution in [0.1, 0.15) is 23.4 Å². The van der Waals surface area contributed by atoms with Crippen LogP contribution < -0.4 is 5.32 Å². The molecule has 0 atom stereocenters. The zero-order chi connectivity index (χ0) is 13.0. The van der Waals surface area contributed by atoms with E-state index in [0.29, 0.717) is 0 Å².